The molecule has 138 valence electrons. The third-order valence-corrected chi connectivity index (χ3v) is 4.16. The van der Waals surface area contributed by atoms with Gasteiger partial charge < -0.3 is 11.5 Å². The zero-order valence-corrected chi connectivity index (χ0v) is 14.1. The Morgan fingerprint density at radius 3 is 1.88 bits per heavy atom. The summed E-state index contributed by atoms with van der Waals surface area (Å²) in [4.78, 5) is 0.133. The minimum absolute atomic E-state index is 0.0876. The predicted molar refractivity (Wildman–Crippen MR) is 89.9 cm³/mol. The predicted octanol–water partition coefficient (Wildman–Crippen LogP) is 2.00. The van der Waals surface area contributed by atoms with E-state index in [-0.39, 0.29) is 17.0 Å². The Kier molecular flexibility index (Phi) is 7.56. The second-order valence-electron chi connectivity index (χ2n) is 5.09. The lowest BCUT2D eigenvalue weighted by Crippen LogP contribution is -2.12. The number of benzene rings is 2. The molecule has 25 heavy (non-hydrogen) atoms. The molecule has 0 saturated carbocycles. The molecule has 2 aromatic carbocycles. The molecule has 2 rings (SSSR count). The van der Waals surface area contributed by atoms with Crippen LogP contribution in [0.2, 0.25) is 0 Å². The standard InChI is InChI=1S/C8H8F3N.C8H12N2O2S/c9-8(10,11)7-4-2-1-3-6(7)5-12;9-6-5-7-1-3-8(4-2-7)13(10,11)12/h1-4H,5,12H2;1-4H,5-6,9H2,(H2,10,11,12). The maximum absolute atomic E-state index is 12.2. The Balaban J connectivity index is 0.000000251. The second kappa shape index (κ2) is 8.95. The maximum atomic E-state index is 12.2. The Morgan fingerprint density at radius 1 is 0.920 bits per heavy atom. The van der Waals surface area contributed by atoms with Crippen molar-refractivity contribution in [1.29, 1.82) is 0 Å². The number of rotatable bonds is 4. The molecule has 0 aromatic heterocycles. The number of primary sulfonamides is 1. The fourth-order valence-electron chi connectivity index (χ4n) is 1.99. The first-order chi connectivity index (χ1) is 11.6. The van der Waals surface area contributed by atoms with E-state index in [4.69, 9.17) is 16.6 Å². The summed E-state index contributed by atoms with van der Waals surface area (Å²) in [5.41, 5.74) is 11.0. The van der Waals surface area contributed by atoms with E-state index in [9.17, 15) is 21.6 Å². The maximum Gasteiger partial charge on any atom is 0.416 e. The van der Waals surface area contributed by atoms with Gasteiger partial charge in [-0.1, -0.05) is 30.3 Å². The van der Waals surface area contributed by atoms with Crippen molar-refractivity contribution in [2.75, 3.05) is 6.54 Å². The first kappa shape index (κ1) is 21.1. The lowest BCUT2D eigenvalue weighted by molar-refractivity contribution is -0.138. The van der Waals surface area contributed by atoms with E-state index < -0.39 is 21.8 Å². The average molecular weight is 375 g/mol. The zero-order chi connectivity index (χ0) is 19.1. The molecule has 0 fully saturated rings. The van der Waals surface area contributed by atoms with Crippen LogP contribution in [0, 0.1) is 0 Å². The Hall–Kier alpha value is -1.94. The second-order valence-corrected chi connectivity index (χ2v) is 6.65. The molecular weight excluding hydrogens is 355 g/mol. The SMILES string of the molecule is NCCc1ccc(S(N)(=O)=O)cc1.NCc1ccccc1C(F)(F)F. The van der Waals surface area contributed by atoms with Crippen molar-refractivity contribution in [3.8, 4) is 0 Å². The van der Waals surface area contributed by atoms with Crippen molar-refractivity contribution in [3.63, 3.8) is 0 Å². The van der Waals surface area contributed by atoms with Crippen LogP contribution in [0.15, 0.2) is 53.4 Å². The molecule has 0 atom stereocenters. The quantitative estimate of drug-likeness (QED) is 0.759. The highest BCUT2D eigenvalue weighted by molar-refractivity contribution is 7.89. The van der Waals surface area contributed by atoms with Gasteiger partial charge in [0.05, 0.1) is 10.5 Å². The van der Waals surface area contributed by atoms with E-state index >= 15 is 0 Å². The third kappa shape index (κ3) is 6.83. The molecule has 6 N–H and O–H groups in total. The summed E-state index contributed by atoms with van der Waals surface area (Å²) >= 11 is 0. The summed E-state index contributed by atoms with van der Waals surface area (Å²) in [6.07, 6.45) is -3.55. The molecule has 5 nitrogen and oxygen atoms in total. The molecule has 0 unspecified atom stereocenters. The molecule has 9 heteroatoms. The van der Waals surface area contributed by atoms with Gasteiger partial charge in [0.2, 0.25) is 10.0 Å². The van der Waals surface area contributed by atoms with Crippen molar-refractivity contribution in [2.45, 2.75) is 24.0 Å². The van der Waals surface area contributed by atoms with Gasteiger partial charge >= 0.3 is 6.18 Å². The minimum Gasteiger partial charge on any atom is -0.330 e. The molecule has 0 heterocycles. The van der Waals surface area contributed by atoms with Gasteiger partial charge in [-0.05, 0) is 42.3 Å². The molecule has 0 aliphatic carbocycles. The fourth-order valence-corrected chi connectivity index (χ4v) is 2.50. The van der Waals surface area contributed by atoms with Gasteiger partial charge in [-0.25, -0.2) is 13.6 Å². The minimum atomic E-state index is -4.30. The van der Waals surface area contributed by atoms with Crippen LogP contribution in [-0.2, 0) is 29.2 Å². The lowest BCUT2D eigenvalue weighted by atomic mass is 10.1. The summed E-state index contributed by atoms with van der Waals surface area (Å²) in [7, 11) is -3.57. The highest BCUT2D eigenvalue weighted by Crippen LogP contribution is 2.31. The van der Waals surface area contributed by atoms with E-state index in [2.05, 4.69) is 0 Å². The lowest BCUT2D eigenvalue weighted by Gasteiger charge is -2.10. The largest absolute Gasteiger partial charge is 0.416 e. The summed E-state index contributed by atoms with van der Waals surface area (Å²) in [5, 5.41) is 4.93. The number of sulfonamides is 1. The number of halogens is 3. The molecule has 0 aliphatic rings. The van der Waals surface area contributed by atoms with Gasteiger partial charge in [0, 0.05) is 6.54 Å². The molecular formula is C16H20F3N3O2S. The van der Waals surface area contributed by atoms with Crippen molar-refractivity contribution >= 4 is 10.0 Å². The van der Waals surface area contributed by atoms with E-state index in [0.717, 1.165) is 18.1 Å². The highest BCUT2D eigenvalue weighted by Gasteiger charge is 2.32. The van der Waals surface area contributed by atoms with E-state index in [0.29, 0.717) is 6.54 Å². The van der Waals surface area contributed by atoms with Crippen LogP contribution in [0.3, 0.4) is 0 Å². The zero-order valence-electron chi connectivity index (χ0n) is 13.3. The van der Waals surface area contributed by atoms with Gasteiger partial charge in [-0.2, -0.15) is 13.2 Å². The van der Waals surface area contributed by atoms with E-state index in [1.165, 1.54) is 30.3 Å². The highest BCUT2D eigenvalue weighted by atomic mass is 32.2. The molecule has 2 aromatic rings. The van der Waals surface area contributed by atoms with Gasteiger partial charge in [0.25, 0.3) is 0 Å². The molecule has 0 aliphatic heterocycles. The van der Waals surface area contributed by atoms with Crippen LogP contribution in [-0.4, -0.2) is 15.0 Å². The van der Waals surface area contributed by atoms with E-state index in [1.807, 2.05) is 0 Å². The number of hydrogen-bond acceptors (Lipinski definition) is 4. The van der Waals surface area contributed by atoms with Gasteiger partial charge in [-0.3, -0.25) is 0 Å². The molecule has 0 amide bonds. The van der Waals surface area contributed by atoms with Crippen LogP contribution >= 0.6 is 0 Å². The normalized spacial score (nSPS) is 11.6. The number of nitrogens with two attached hydrogens (primary N) is 3. The monoisotopic (exact) mass is 375 g/mol. The van der Waals surface area contributed by atoms with Crippen LogP contribution in [0.1, 0.15) is 16.7 Å². The van der Waals surface area contributed by atoms with Crippen molar-refractivity contribution < 1.29 is 21.6 Å². The third-order valence-electron chi connectivity index (χ3n) is 3.23. The molecule has 0 radical (unpaired) electrons. The first-order valence-electron chi connectivity index (χ1n) is 7.26. The smallest absolute Gasteiger partial charge is 0.330 e. The van der Waals surface area contributed by atoms with E-state index in [1.54, 1.807) is 12.1 Å². The molecule has 0 saturated heterocycles. The van der Waals surface area contributed by atoms with Crippen molar-refractivity contribution in [2.24, 2.45) is 16.6 Å². The summed E-state index contributed by atoms with van der Waals surface area (Å²) in [5.74, 6) is 0. The van der Waals surface area contributed by atoms with Gasteiger partial charge in [0.1, 0.15) is 0 Å². The topological polar surface area (TPSA) is 112 Å². The molecule has 0 bridgehead atoms. The fraction of sp³-hybridized carbons (Fsp3) is 0.250. The Bertz CT molecular complexity index is 776. The average Bonchev–Trinajstić information content (AvgIpc) is 2.54. The Labute approximate surface area is 144 Å². The van der Waals surface area contributed by atoms with Gasteiger partial charge in [0.15, 0.2) is 0 Å². The van der Waals surface area contributed by atoms with Crippen LogP contribution in [0.4, 0.5) is 13.2 Å². The Morgan fingerprint density at radius 2 is 1.48 bits per heavy atom. The number of alkyl halides is 3. The summed E-state index contributed by atoms with van der Waals surface area (Å²) < 4.78 is 58.2. The van der Waals surface area contributed by atoms with Crippen LogP contribution in [0.25, 0.3) is 0 Å². The van der Waals surface area contributed by atoms with Gasteiger partial charge in [-0.15, -0.1) is 0 Å². The number of hydrogen-bond donors (Lipinski definition) is 3. The summed E-state index contributed by atoms with van der Waals surface area (Å²) in [6, 6.07) is 11.7. The van der Waals surface area contributed by atoms with Crippen LogP contribution in [0.5, 0.6) is 0 Å². The van der Waals surface area contributed by atoms with Crippen molar-refractivity contribution in [1.82, 2.24) is 0 Å². The van der Waals surface area contributed by atoms with Crippen molar-refractivity contribution in [3.05, 3.63) is 65.2 Å². The van der Waals surface area contributed by atoms with Crippen LogP contribution < -0.4 is 16.6 Å². The molecule has 0 spiro atoms. The summed E-state index contributed by atoms with van der Waals surface area (Å²) in [6.45, 7) is 0.463. The first-order valence-corrected chi connectivity index (χ1v) is 8.81.